The minimum Gasteiger partial charge on any atom is -0.489 e. The van der Waals surface area contributed by atoms with Gasteiger partial charge in [0.1, 0.15) is 12.4 Å². The zero-order valence-electron chi connectivity index (χ0n) is 17.5. The molecule has 0 saturated carbocycles. The molecular weight excluding hydrogens is 406 g/mol. The first-order valence-corrected chi connectivity index (χ1v) is 10.9. The summed E-state index contributed by atoms with van der Waals surface area (Å²) in [5.74, 6) is 0.503. The van der Waals surface area contributed by atoms with E-state index in [0.29, 0.717) is 18.1 Å². The molecule has 0 bridgehead atoms. The first-order chi connectivity index (χ1) is 15.0. The van der Waals surface area contributed by atoms with E-state index in [1.54, 1.807) is 6.08 Å². The van der Waals surface area contributed by atoms with E-state index in [1.165, 1.54) is 10.5 Å². The van der Waals surface area contributed by atoms with Gasteiger partial charge in [0.15, 0.2) is 0 Å². The lowest BCUT2D eigenvalue weighted by Gasteiger charge is -2.14. The quantitative estimate of drug-likeness (QED) is 0.443. The highest BCUT2D eigenvalue weighted by Gasteiger charge is 2.35. The SMILES string of the molecule is Cc1ccc(COc2ccc(/C=C3\SC(=O)N(Cc4ccccc4C)C3=O)cc2)cc1. The molecule has 5 heteroatoms. The van der Waals surface area contributed by atoms with Gasteiger partial charge in [0.2, 0.25) is 0 Å². The molecular formula is C26H23NO3S. The summed E-state index contributed by atoms with van der Waals surface area (Å²) in [6.07, 6.45) is 1.76. The highest BCUT2D eigenvalue weighted by molar-refractivity contribution is 8.18. The van der Waals surface area contributed by atoms with Crippen LogP contribution in [0.2, 0.25) is 0 Å². The predicted molar refractivity (Wildman–Crippen MR) is 125 cm³/mol. The van der Waals surface area contributed by atoms with Crippen molar-refractivity contribution in [3.63, 3.8) is 0 Å². The van der Waals surface area contributed by atoms with Gasteiger partial charge in [0.05, 0.1) is 11.4 Å². The highest BCUT2D eigenvalue weighted by Crippen LogP contribution is 2.33. The Morgan fingerprint density at radius 1 is 0.903 bits per heavy atom. The number of thioether (sulfide) groups is 1. The Morgan fingerprint density at radius 3 is 2.32 bits per heavy atom. The van der Waals surface area contributed by atoms with Crippen molar-refractivity contribution >= 4 is 29.0 Å². The molecule has 1 aliphatic rings. The van der Waals surface area contributed by atoms with E-state index >= 15 is 0 Å². The van der Waals surface area contributed by atoms with E-state index in [1.807, 2.05) is 55.5 Å². The largest absolute Gasteiger partial charge is 0.489 e. The minimum atomic E-state index is -0.252. The Bertz CT molecular complexity index is 1130. The van der Waals surface area contributed by atoms with Crippen molar-refractivity contribution in [3.05, 3.63) is 106 Å². The second kappa shape index (κ2) is 9.23. The molecule has 31 heavy (non-hydrogen) atoms. The molecule has 3 aromatic carbocycles. The normalized spacial score (nSPS) is 15.0. The maximum atomic E-state index is 12.8. The van der Waals surface area contributed by atoms with Crippen molar-refractivity contribution in [2.45, 2.75) is 27.0 Å². The molecule has 0 unspecified atom stereocenters. The Balaban J connectivity index is 1.41. The molecule has 4 rings (SSSR count). The van der Waals surface area contributed by atoms with E-state index in [2.05, 4.69) is 31.2 Å². The van der Waals surface area contributed by atoms with Crippen molar-refractivity contribution in [2.24, 2.45) is 0 Å². The molecule has 0 aromatic heterocycles. The molecule has 1 saturated heterocycles. The third kappa shape index (κ3) is 5.06. The fourth-order valence-corrected chi connectivity index (χ4v) is 4.10. The number of carbonyl (C=O) groups excluding carboxylic acids is 2. The summed E-state index contributed by atoms with van der Waals surface area (Å²) in [6.45, 7) is 4.82. The molecule has 0 atom stereocenters. The highest BCUT2D eigenvalue weighted by atomic mass is 32.2. The standard InChI is InChI=1S/C26H23NO3S/c1-18-7-9-21(10-8-18)17-30-23-13-11-20(12-14-23)15-24-25(28)27(26(29)31-24)16-22-6-4-3-5-19(22)2/h3-15H,16-17H2,1-2H3/b24-15-. The molecule has 0 radical (unpaired) electrons. The number of benzene rings is 3. The minimum absolute atomic E-state index is 0.238. The van der Waals surface area contributed by atoms with Crippen LogP contribution >= 0.6 is 11.8 Å². The first kappa shape index (κ1) is 20.9. The monoisotopic (exact) mass is 429 g/mol. The van der Waals surface area contributed by atoms with Gasteiger partial charge in [-0.1, -0.05) is 66.2 Å². The number of carbonyl (C=O) groups is 2. The van der Waals surface area contributed by atoms with Crippen molar-refractivity contribution in [2.75, 3.05) is 0 Å². The Morgan fingerprint density at radius 2 is 1.61 bits per heavy atom. The second-order valence-electron chi connectivity index (χ2n) is 7.54. The lowest BCUT2D eigenvalue weighted by molar-refractivity contribution is -0.123. The van der Waals surface area contributed by atoms with Crippen molar-refractivity contribution < 1.29 is 14.3 Å². The molecule has 0 aliphatic carbocycles. The van der Waals surface area contributed by atoms with Crippen LogP contribution in [-0.4, -0.2) is 16.0 Å². The van der Waals surface area contributed by atoms with Gasteiger partial charge in [-0.3, -0.25) is 14.5 Å². The van der Waals surface area contributed by atoms with Gasteiger partial charge in [-0.15, -0.1) is 0 Å². The van der Waals surface area contributed by atoms with Crippen molar-refractivity contribution in [3.8, 4) is 5.75 Å². The summed E-state index contributed by atoms with van der Waals surface area (Å²) < 4.78 is 5.83. The zero-order valence-corrected chi connectivity index (χ0v) is 18.3. The summed E-state index contributed by atoms with van der Waals surface area (Å²) in [6, 6.07) is 23.5. The summed E-state index contributed by atoms with van der Waals surface area (Å²) in [4.78, 5) is 26.9. The van der Waals surface area contributed by atoms with Gasteiger partial charge in [-0.2, -0.15) is 0 Å². The molecule has 4 nitrogen and oxygen atoms in total. The van der Waals surface area contributed by atoms with Crippen LogP contribution in [0.15, 0.2) is 77.7 Å². The maximum absolute atomic E-state index is 12.8. The fraction of sp³-hybridized carbons (Fsp3) is 0.154. The van der Waals surface area contributed by atoms with Gasteiger partial charge in [0.25, 0.3) is 11.1 Å². The topological polar surface area (TPSA) is 46.6 Å². The number of aryl methyl sites for hydroxylation is 2. The van der Waals surface area contributed by atoms with Crippen molar-refractivity contribution in [1.82, 2.24) is 4.90 Å². The Labute approximate surface area is 186 Å². The van der Waals surface area contributed by atoms with Gasteiger partial charge in [-0.05, 0) is 66.1 Å². The summed E-state index contributed by atoms with van der Waals surface area (Å²) >= 11 is 0.982. The lowest BCUT2D eigenvalue weighted by Crippen LogP contribution is -2.27. The number of amides is 2. The fourth-order valence-electron chi connectivity index (χ4n) is 3.26. The molecule has 0 N–H and O–H groups in total. The number of ether oxygens (including phenoxy) is 1. The van der Waals surface area contributed by atoms with Crippen LogP contribution < -0.4 is 4.74 Å². The summed E-state index contributed by atoms with van der Waals surface area (Å²) in [5, 5.41) is -0.238. The number of nitrogens with zero attached hydrogens (tertiary/aromatic N) is 1. The molecule has 0 spiro atoms. The molecule has 1 fully saturated rings. The summed E-state index contributed by atoms with van der Waals surface area (Å²) in [5.41, 5.74) is 5.21. The maximum Gasteiger partial charge on any atom is 0.293 e. The van der Waals surface area contributed by atoms with Crippen LogP contribution in [0.3, 0.4) is 0 Å². The van der Waals surface area contributed by atoms with Gasteiger partial charge < -0.3 is 4.74 Å². The molecule has 1 heterocycles. The van der Waals surface area contributed by atoms with Gasteiger partial charge in [-0.25, -0.2) is 0 Å². The molecule has 2 amide bonds. The third-order valence-electron chi connectivity index (χ3n) is 5.17. The number of hydrogen-bond donors (Lipinski definition) is 0. The molecule has 156 valence electrons. The van der Waals surface area contributed by atoms with Crippen LogP contribution in [0.5, 0.6) is 5.75 Å². The Kier molecular flexibility index (Phi) is 6.23. The average molecular weight is 430 g/mol. The van der Waals surface area contributed by atoms with Crippen LogP contribution in [0.25, 0.3) is 6.08 Å². The molecule has 1 aliphatic heterocycles. The van der Waals surface area contributed by atoms with E-state index in [-0.39, 0.29) is 11.1 Å². The Hall–Kier alpha value is -3.31. The van der Waals surface area contributed by atoms with Gasteiger partial charge >= 0.3 is 0 Å². The smallest absolute Gasteiger partial charge is 0.293 e. The van der Waals surface area contributed by atoms with E-state index in [4.69, 9.17) is 4.74 Å². The molecule has 3 aromatic rings. The lowest BCUT2D eigenvalue weighted by atomic mass is 10.1. The van der Waals surface area contributed by atoms with E-state index in [9.17, 15) is 9.59 Å². The van der Waals surface area contributed by atoms with Crippen LogP contribution in [0.1, 0.15) is 27.8 Å². The third-order valence-corrected chi connectivity index (χ3v) is 6.07. The van der Waals surface area contributed by atoms with Crippen LogP contribution in [-0.2, 0) is 17.9 Å². The average Bonchev–Trinajstić information content (AvgIpc) is 3.03. The second-order valence-corrected chi connectivity index (χ2v) is 8.53. The zero-order chi connectivity index (χ0) is 21.8. The van der Waals surface area contributed by atoms with E-state index in [0.717, 1.165) is 39.8 Å². The summed E-state index contributed by atoms with van der Waals surface area (Å²) in [7, 11) is 0. The first-order valence-electron chi connectivity index (χ1n) is 10.1. The van der Waals surface area contributed by atoms with Crippen molar-refractivity contribution in [1.29, 1.82) is 0 Å². The van der Waals surface area contributed by atoms with Gasteiger partial charge in [0, 0.05) is 0 Å². The van der Waals surface area contributed by atoms with Crippen LogP contribution in [0.4, 0.5) is 4.79 Å². The number of rotatable bonds is 6. The van der Waals surface area contributed by atoms with Crippen LogP contribution in [0, 0.1) is 13.8 Å². The number of imide groups is 1. The number of hydrogen-bond acceptors (Lipinski definition) is 4. The van der Waals surface area contributed by atoms with E-state index < -0.39 is 0 Å². The predicted octanol–water partition coefficient (Wildman–Crippen LogP) is 6.12.